The van der Waals surface area contributed by atoms with E-state index in [9.17, 15) is 9.59 Å². The second kappa shape index (κ2) is 6.15. The highest BCUT2D eigenvalue weighted by atomic mass is 35.5. The zero-order valence-electron chi connectivity index (χ0n) is 11.8. The Bertz CT molecular complexity index is 596. The highest BCUT2D eigenvalue weighted by molar-refractivity contribution is 6.30. The Morgan fingerprint density at radius 1 is 1.33 bits per heavy atom. The van der Waals surface area contributed by atoms with Crippen molar-refractivity contribution in [3.05, 3.63) is 40.6 Å². The van der Waals surface area contributed by atoms with Crippen LogP contribution in [-0.4, -0.2) is 44.1 Å². The van der Waals surface area contributed by atoms with E-state index in [2.05, 4.69) is 0 Å². The van der Waals surface area contributed by atoms with Crippen LogP contribution in [0.25, 0.3) is 0 Å². The summed E-state index contributed by atoms with van der Waals surface area (Å²) in [5, 5.41) is 0.546. The Morgan fingerprint density at radius 3 is 2.48 bits per heavy atom. The van der Waals surface area contributed by atoms with Crippen LogP contribution < -0.4 is 10.6 Å². The third-order valence-electron chi connectivity index (χ3n) is 2.98. The van der Waals surface area contributed by atoms with Gasteiger partial charge in [-0.15, -0.1) is 0 Å². The van der Waals surface area contributed by atoms with Gasteiger partial charge >= 0.3 is 12.0 Å². The molecule has 0 saturated heterocycles. The molecule has 0 aromatic heterocycles. The van der Waals surface area contributed by atoms with Crippen molar-refractivity contribution >= 4 is 29.3 Å². The molecule has 0 saturated carbocycles. The quantitative estimate of drug-likeness (QED) is 0.857. The van der Waals surface area contributed by atoms with Crippen LogP contribution in [0.4, 0.5) is 10.5 Å². The Labute approximate surface area is 127 Å². The number of hydrogen-bond donors (Lipinski definition) is 1. The molecule has 0 atom stereocenters. The molecule has 1 aromatic rings. The summed E-state index contributed by atoms with van der Waals surface area (Å²) in [5.41, 5.74) is 6.89. The van der Waals surface area contributed by atoms with Crippen LogP contribution in [0.5, 0.6) is 0 Å². The molecule has 2 N–H and O–H groups in total. The topological polar surface area (TPSA) is 75.9 Å². The second-order valence-corrected chi connectivity index (χ2v) is 5.33. The molecule has 112 valence electrons. The van der Waals surface area contributed by atoms with Crippen molar-refractivity contribution in [2.45, 2.75) is 0 Å². The van der Waals surface area contributed by atoms with Crippen molar-refractivity contribution in [2.75, 3.05) is 32.1 Å². The first-order chi connectivity index (χ1) is 9.90. The van der Waals surface area contributed by atoms with Gasteiger partial charge in [0.1, 0.15) is 6.61 Å². The lowest BCUT2D eigenvalue weighted by Gasteiger charge is -2.22. The van der Waals surface area contributed by atoms with Crippen molar-refractivity contribution < 1.29 is 14.3 Å². The van der Waals surface area contributed by atoms with Gasteiger partial charge in [0.2, 0.25) is 0 Å². The van der Waals surface area contributed by atoms with E-state index in [1.54, 1.807) is 24.3 Å². The van der Waals surface area contributed by atoms with E-state index >= 15 is 0 Å². The monoisotopic (exact) mass is 309 g/mol. The molecule has 0 bridgehead atoms. The number of likely N-dealkylation sites (N-methyl/N-ethyl adjacent to an activating group) is 1. The fourth-order valence-electron chi connectivity index (χ4n) is 2.10. The van der Waals surface area contributed by atoms with E-state index in [0.29, 0.717) is 28.5 Å². The van der Waals surface area contributed by atoms with E-state index in [-0.39, 0.29) is 6.61 Å². The summed E-state index contributed by atoms with van der Waals surface area (Å²) < 4.78 is 5.04. The highest BCUT2D eigenvalue weighted by Gasteiger charge is 2.31. The van der Waals surface area contributed by atoms with Crippen LogP contribution in [-0.2, 0) is 9.53 Å². The van der Waals surface area contributed by atoms with Crippen LogP contribution in [0.1, 0.15) is 0 Å². The predicted octanol–water partition coefficient (Wildman–Crippen LogP) is 1.60. The number of benzene rings is 1. The molecule has 2 amide bonds. The van der Waals surface area contributed by atoms with Crippen LogP contribution in [0.2, 0.25) is 5.02 Å². The van der Waals surface area contributed by atoms with Gasteiger partial charge in [0.05, 0.1) is 17.0 Å². The van der Waals surface area contributed by atoms with Gasteiger partial charge in [-0.25, -0.2) is 9.59 Å². The number of nitrogens with two attached hydrogens (primary N) is 1. The molecule has 1 aliphatic heterocycles. The largest absolute Gasteiger partial charge is 0.456 e. The molecule has 7 heteroatoms. The molecule has 1 heterocycles. The normalized spacial score (nSPS) is 14.6. The average molecular weight is 310 g/mol. The number of carbonyl (C=O) groups is 2. The van der Waals surface area contributed by atoms with Crippen LogP contribution >= 0.6 is 11.6 Å². The van der Waals surface area contributed by atoms with Gasteiger partial charge in [-0.05, 0) is 38.4 Å². The zero-order chi connectivity index (χ0) is 15.6. The number of nitrogens with zero attached hydrogens (tertiary/aromatic N) is 2. The fraction of sp³-hybridized carbons (Fsp3) is 0.286. The highest BCUT2D eigenvalue weighted by Crippen LogP contribution is 2.27. The van der Waals surface area contributed by atoms with Gasteiger partial charge in [-0.3, -0.25) is 4.90 Å². The van der Waals surface area contributed by atoms with Crippen molar-refractivity contribution in [3.63, 3.8) is 0 Å². The smallest absolute Gasteiger partial charge is 0.337 e. The van der Waals surface area contributed by atoms with E-state index in [0.717, 1.165) is 0 Å². The van der Waals surface area contributed by atoms with Gasteiger partial charge in [0.25, 0.3) is 0 Å². The maximum Gasteiger partial charge on any atom is 0.337 e. The number of esters is 1. The van der Waals surface area contributed by atoms with E-state index in [1.165, 1.54) is 4.90 Å². The fourth-order valence-corrected chi connectivity index (χ4v) is 2.23. The number of amides is 2. The number of rotatable bonds is 4. The molecule has 0 radical (unpaired) electrons. The molecule has 2 rings (SSSR count). The summed E-state index contributed by atoms with van der Waals surface area (Å²) in [6.07, 6.45) is 0. The molecule has 1 aliphatic rings. The van der Waals surface area contributed by atoms with E-state index in [4.69, 9.17) is 22.1 Å². The number of carbonyl (C=O) groups excluding carboxylic acids is 2. The van der Waals surface area contributed by atoms with E-state index in [1.807, 2.05) is 19.0 Å². The minimum atomic E-state index is -0.679. The summed E-state index contributed by atoms with van der Waals surface area (Å²) in [5.74, 6) is -0.432. The summed E-state index contributed by atoms with van der Waals surface area (Å²) in [6.45, 7) is 0.388. The average Bonchev–Trinajstić information content (AvgIpc) is 2.73. The number of halogens is 1. The van der Waals surface area contributed by atoms with Crippen molar-refractivity contribution in [2.24, 2.45) is 5.73 Å². The molecular weight excluding hydrogens is 294 g/mol. The SMILES string of the molecule is CN(C)CC1=C(N(C(N)=O)c2ccc(Cl)cc2)COC1=O. The number of anilines is 1. The first-order valence-electron chi connectivity index (χ1n) is 6.29. The van der Waals surface area contributed by atoms with Gasteiger partial charge in [0, 0.05) is 11.6 Å². The second-order valence-electron chi connectivity index (χ2n) is 4.89. The van der Waals surface area contributed by atoms with Crippen molar-refractivity contribution in [3.8, 4) is 0 Å². The molecular formula is C14H16ClN3O3. The Balaban J connectivity index is 2.46. The summed E-state index contributed by atoms with van der Waals surface area (Å²) in [7, 11) is 3.65. The van der Waals surface area contributed by atoms with Gasteiger partial charge in [-0.2, -0.15) is 0 Å². The molecule has 21 heavy (non-hydrogen) atoms. The van der Waals surface area contributed by atoms with Gasteiger partial charge in [-0.1, -0.05) is 11.6 Å². The first-order valence-corrected chi connectivity index (χ1v) is 6.67. The zero-order valence-corrected chi connectivity index (χ0v) is 12.6. The minimum absolute atomic E-state index is 0.0214. The minimum Gasteiger partial charge on any atom is -0.456 e. The summed E-state index contributed by atoms with van der Waals surface area (Å²) >= 11 is 5.84. The van der Waals surface area contributed by atoms with Crippen LogP contribution in [0.3, 0.4) is 0 Å². The summed E-state index contributed by atoms with van der Waals surface area (Å²) in [6, 6.07) is 5.95. The van der Waals surface area contributed by atoms with Crippen LogP contribution in [0, 0.1) is 0 Å². The summed E-state index contributed by atoms with van der Waals surface area (Å²) in [4.78, 5) is 26.7. The molecule has 0 fully saturated rings. The lowest BCUT2D eigenvalue weighted by molar-refractivity contribution is -0.136. The third kappa shape index (κ3) is 3.34. The van der Waals surface area contributed by atoms with Gasteiger partial charge < -0.3 is 15.4 Å². The maximum atomic E-state index is 11.8. The number of urea groups is 1. The molecule has 6 nitrogen and oxygen atoms in total. The third-order valence-corrected chi connectivity index (χ3v) is 3.24. The Hall–Kier alpha value is -2.05. The number of hydrogen-bond acceptors (Lipinski definition) is 4. The molecule has 1 aromatic carbocycles. The number of primary amides is 1. The van der Waals surface area contributed by atoms with E-state index < -0.39 is 12.0 Å². The van der Waals surface area contributed by atoms with Crippen molar-refractivity contribution in [1.82, 2.24) is 4.90 Å². The number of cyclic esters (lactones) is 1. The molecule has 0 unspecified atom stereocenters. The van der Waals surface area contributed by atoms with Crippen LogP contribution in [0.15, 0.2) is 35.5 Å². The van der Waals surface area contributed by atoms with Crippen molar-refractivity contribution in [1.29, 1.82) is 0 Å². The Kier molecular flexibility index (Phi) is 4.50. The maximum absolute atomic E-state index is 11.8. The molecule has 0 spiro atoms. The lowest BCUT2D eigenvalue weighted by Crippen LogP contribution is -2.37. The Morgan fingerprint density at radius 2 is 1.95 bits per heavy atom. The first kappa shape index (κ1) is 15.3. The standard InChI is InChI=1S/C14H16ClN3O3/c1-17(2)7-11-12(8-21-13(11)19)18(14(16)20)10-5-3-9(15)4-6-10/h3-6H,7-8H2,1-2H3,(H2,16,20). The molecule has 0 aliphatic carbocycles. The number of ether oxygens (including phenoxy) is 1. The predicted molar refractivity (Wildman–Crippen MR) is 80.1 cm³/mol. The van der Waals surface area contributed by atoms with Gasteiger partial charge in [0.15, 0.2) is 0 Å². The lowest BCUT2D eigenvalue weighted by atomic mass is 10.2.